The van der Waals surface area contributed by atoms with Crippen LogP contribution in [0.4, 0.5) is 17.5 Å². The molecule has 1 heterocycles. The number of nitrogens with zero attached hydrogens (tertiary/aromatic N) is 4. The van der Waals surface area contributed by atoms with E-state index in [1.807, 2.05) is 18.2 Å². The molecule has 0 fully saturated rings. The fourth-order valence-electron chi connectivity index (χ4n) is 3.07. The number of halogens is 1. The highest BCUT2D eigenvalue weighted by atomic mass is 35.5. The highest BCUT2D eigenvalue weighted by molar-refractivity contribution is 6.31. The number of nitrogens with one attached hydrogen (secondary N) is 1. The van der Waals surface area contributed by atoms with Crippen molar-refractivity contribution in [1.29, 1.82) is 0 Å². The van der Waals surface area contributed by atoms with Crippen LogP contribution in [0.15, 0.2) is 24.3 Å². The van der Waals surface area contributed by atoms with Gasteiger partial charge in [-0.15, -0.1) is 0 Å². The molecule has 1 aromatic carbocycles. The monoisotopic (exact) mass is 420 g/mol. The summed E-state index contributed by atoms with van der Waals surface area (Å²) in [6.07, 6.45) is 5.68. The summed E-state index contributed by atoms with van der Waals surface area (Å²) in [7, 11) is 4.15. The number of unbranched alkanes of at least 4 members (excludes halogenated alkanes) is 4. The summed E-state index contributed by atoms with van der Waals surface area (Å²) in [6, 6.07) is 7.19. The minimum atomic E-state index is -0.463. The van der Waals surface area contributed by atoms with E-state index < -0.39 is 4.92 Å². The Balaban J connectivity index is 2.00. The van der Waals surface area contributed by atoms with Crippen LogP contribution < -0.4 is 11.1 Å². The summed E-state index contributed by atoms with van der Waals surface area (Å²) in [5, 5.41) is 15.3. The topological polar surface area (TPSA) is 110 Å². The Kier molecular flexibility index (Phi) is 9.08. The van der Waals surface area contributed by atoms with Gasteiger partial charge in [-0.3, -0.25) is 10.1 Å². The summed E-state index contributed by atoms with van der Waals surface area (Å²) >= 11 is 6.19. The molecule has 0 aliphatic carbocycles. The minimum Gasteiger partial charge on any atom is -0.368 e. The maximum Gasteiger partial charge on any atom is 0.333 e. The van der Waals surface area contributed by atoms with Gasteiger partial charge in [0, 0.05) is 18.0 Å². The molecule has 3 N–H and O–H groups in total. The predicted molar refractivity (Wildman–Crippen MR) is 117 cm³/mol. The number of aromatic nitrogens is 2. The zero-order valence-corrected chi connectivity index (χ0v) is 17.8. The molecular formula is C20H29ClN6O2. The molecule has 0 aliphatic heterocycles. The summed E-state index contributed by atoms with van der Waals surface area (Å²) in [6.45, 7) is 1.69. The smallest absolute Gasteiger partial charge is 0.333 e. The molecule has 8 nitrogen and oxygen atoms in total. The van der Waals surface area contributed by atoms with E-state index in [1.165, 1.54) is 12.8 Å². The van der Waals surface area contributed by atoms with Crippen LogP contribution in [-0.4, -0.2) is 47.0 Å². The third-order valence-corrected chi connectivity index (χ3v) is 4.92. The van der Waals surface area contributed by atoms with Gasteiger partial charge in [0.1, 0.15) is 5.69 Å². The molecule has 29 heavy (non-hydrogen) atoms. The SMILES string of the molecule is CN(C)CCCCCCCNc1nc(N)nc(Cc2ccccc2Cl)c1[N+](=O)[O-]. The van der Waals surface area contributed by atoms with E-state index in [2.05, 4.69) is 34.3 Å². The number of rotatable bonds is 12. The van der Waals surface area contributed by atoms with Crippen molar-refractivity contribution < 1.29 is 4.92 Å². The second-order valence-corrected chi connectivity index (χ2v) is 7.66. The number of hydrogen-bond donors (Lipinski definition) is 2. The lowest BCUT2D eigenvalue weighted by Gasteiger charge is -2.11. The Morgan fingerprint density at radius 3 is 2.52 bits per heavy atom. The van der Waals surface area contributed by atoms with Crippen molar-refractivity contribution >= 4 is 29.1 Å². The maximum atomic E-state index is 11.7. The molecule has 158 valence electrons. The fourth-order valence-corrected chi connectivity index (χ4v) is 3.27. The molecule has 2 rings (SSSR count). The molecule has 0 radical (unpaired) electrons. The van der Waals surface area contributed by atoms with E-state index in [9.17, 15) is 10.1 Å². The van der Waals surface area contributed by atoms with E-state index in [-0.39, 0.29) is 29.6 Å². The van der Waals surface area contributed by atoms with Crippen LogP contribution in [0.5, 0.6) is 0 Å². The van der Waals surface area contributed by atoms with E-state index >= 15 is 0 Å². The lowest BCUT2D eigenvalue weighted by atomic mass is 10.1. The molecule has 0 unspecified atom stereocenters. The second-order valence-electron chi connectivity index (χ2n) is 7.25. The number of nitrogen functional groups attached to an aromatic ring is 1. The minimum absolute atomic E-state index is 0.00355. The first-order valence-corrected chi connectivity index (χ1v) is 10.2. The van der Waals surface area contributed by atoms with Crippen LogP contribution in [0.2, 0.25) is 5.02 Å². The van der Waals surface area contributed by atoms with Gasteiger partial charge in [-0.1, -0.05) is 49.1 Å². The molecule has 0 bridgehead atoms. The quantitative estimate of drug-likeness (QED) is 0.301. The van der Waals surface area contributed by atoms with Gasteiger partial charge in [-0.05, 0) is 45.1 Å². The number of benzene rings is 1. The zero-order chi connectivity index (χ0) is 21.2. The molecule has 0 spiro atoms. The Morgan fingerprint density at radius 2 is 1.83 bits per heavy atom. The van der Waals surface area contributed by atoms with Crippen LogP contribution in [0.1, 0.15) is 43.4 Å². The normalized spacial score (nSPS) is 11.0. The van der Waals surface area contributed by atoms with Crippen LogP contribution in [0.3, 0.4) is 0 Å². The van der Waals surface area contributed by atoms with Crippen molar-refractivity contribution in [2.24, 2.45) is 0 Å². The van der Waals surface area contributed by atoms with E-state index in [1.54, 1.807) is 6.07 Å². The number of nitrogens with two attached hydrogens (primary N) is 1. The zero-order valence-electron chi connectivity index (χ0n) is 17.0. The summed E-state index contributed by atoms with van der Waals surface area (Å²) < 4.78 is 0. The first-order valence-electron chi connectivity index (χ1n) is 9.81. The van der Waals surface area contributed by atoms with Crippen molar-refractivity contribution in [3.8, 4) is 0 Å². The third-order valence-electron chi connectivity index (χ3n) is 4.55. The summed E-state index contributed by atoms with van der Waals surface area (Å²) in [5.74, 6) is 0.168. The number of nitro groups is 1. The molecule has 0 saturated carbocycles. The van der Waals surface area contributed by atoms with Crippen LogP contribution in [-0.2, 0) is 6.42 Å². The van der Waals surface area contributed by atoms with Crippen molar-refractivity contribution in [2.45, 2.75) is 38.5 Å². The number of anilines is 2. The fraction of sp³-hybridized carbons (Fsp3) is 0.500. The molecular weight excluding hydrogens is 392 g/mol. The van der Waals surface area contributed by atoms with Gasteiger partial charge < -0.3 is 16.0 Å². The van der Waals surface area contributed by atoms with Crippen molar-refractivity contribution in [3.63, 3.8) is 0 Å². The Bertz CT molecular complexity index is 816. The largest absolute Gasteiger partial charge is 0.368 e. The highest BCUT2D eigenvalue weighted by Crippen LogP contribution is 2.30. The van der Waals surface area contributed by atoms with Crippen molar-refractivity contribution in [3.05, 3.63) is 50.7 Å². The van der Waals surface area contributed by atoms with Gasteiger partial charge in [-0.25, -0.2) is 4.98 Å². The number of hydrogen-bond acceptors (Lipinski definition) is 7. The first kappa shape index (κ1) is 22.8. The second kappa shape index (κ2) is 11.5. The summed E-state index contributed by atoms with van der Waals surface area (Å²) in [4.78, 5) is 21.6. The van der Waals surface area contributed by atoms with Gasteiger partial charge in [0.15, 0.2) is 0 Å². The molecule has 0 amide bonds. The Hall–Kier alpha value is -2.45. The molecule has 0 saturated heterocycles. The highest BCUT2D eigenvalue weighted by Gasteiger charge is 2.24. The molecule has 0 aliphatic rings. The predicted octanol–water partition coefficient (Wildman–Crippen LogP) is 4.14. The van der Waals surface area contributed by atoms with E-state index in [0.717, 1.165) is 31.4 Å². The van der Waals surface area contributed by atoms with Gasteiger partial charge in [-0.2, -0.15) is 4.98 Å². The van der Waals surface area contributed by atoms with E-state index in [0.29, 0.717) is 11.6 Å². The average Bonchev–Trinajstić information content (AvgIpc) is 2.65. The molecule has 0 atom stereocenters. The van der Waals surface area contributed by atoms with E-state index in [4.69, 9.17) is 17.3 Å². The standard InChI is InChI=1S/C20H29ClN6O2/c1-26(2)13-9-5-3-4-8-12-23-19-18(27(28)29)17(24-20(22)25-19)14-15-10-6-7-11-16(15)21/h6-7,10-11H,3-5,8-9,12-14H2,1-2H3,(H3,22,23,24,25). The Labute approximate surface area is 176 Å². The van der Waals surface area contributed by atoms with Crippen molar-refractivity contribution in [2.75, 3.05) is 38.2 Å². The van der Waals surface area contributed by atoms with Gasteiger partial charge in [0.25, 0.3) is 0 Å². The lowest BCUT2D eigenvalue weighted by Crippen LogP contribution is -2.13. The van der Waals surface area contributed by atoms with Gasteiger partial charge >= 0.3 is 5.69 Å². The molecule has 2 aromatic rings. The third kappa shape index (κ3) is 7.47. The summed E-state index contributed by atoms with van der Waals surface area (Å²) in [5.41, 5.74) is 6.66. The molecule has 9 heteroatoms. The van der Waals surface area contributed by atoms with Crippen LogP contribution >= 0.6 is 11.6 Å². The van der Waals surface area contributed by atoms with Crippen LogP contribution in [0, 0.1) is 10.1 Å². The van der Waals surface area contributed by atoms with Crippen LogP contribution in [0.25, 0.3) is 0 Å². The lowest BCUT2D eigenvalue weighted by molar-refractivity contribution is -0.385. The Morgan fingerprint density at radius 1 is 1.14 bits per heavy atom. The van der Waals surface area contributed by atoms with Crippen molar-refractivity contribution in [1.82, 2.24) is 14.9 Å². The molecule has 1 aromatic heterocycles. The average molecular weight is 421 g/mol. The van der Waals surface area contributed by atoms with Gasteiger partial charge in [0.2, 0.25) is 11.8 Å². The van der Waals surface area contributed by atoms with Gasteiger partial charge in [0.05, 0.1) is 4.92 Å². The first-order chi connectivity index (χ1) is 13.9. The maximum absolute atomic E-state index is 11.7.